The monoisotopic (exact) mass is 218 g/mol. The second-order valence-corrected chi connectivity index (χ2v) is 4.60. The van der Waals surface area contributed by atoms with Crippen LogP contribution in [0, 0.1) is 0 Å². The van der Waals surface area contributed by atoms with Gasteiger partial charge in [0.15, 0.2) is 11.2 Å². The van der Waals surface area contributed by atoms with Gasteiger partial charge in [0.05, 0.1) is 0 Å². The quantitative estimate of drug-likeness (QED) is 0.563. The van der Waals surface area contributed by atoms with Crippen LogP contribution in [0.2, 0.25) is 0 Å². The summed E-state index contributed by atoms with van der Waals surface area (Å²) in [6.07, 6.45) is 0.614. The van der Waals surface area contributed by atoms with Crippen molar-refractivity contribution in [1.29, 1.82) is 0 Å². The van der Waals surface area contributed by atoms with Gasteiger partial charge in [0.1, 0.15) is 6.10 Å². The Morgan fingerprint density at radius 3 is 2.44 bits per heavy atom. The van der Waals surface area contributed by atoms with Gasteiger partial charge in [-0.2, -0.15) is 0 Å². The Morgan fingerprint density at radius 2 is 2.00 bits per heavy atom. The van der Waals surface area contributed by atoms with Crippen molar-refractivity contribution in [3.05, 3.63) is 35.9 Å². The molecule has 3 rings (SSSR count). The molecule has 0 N–H and O–H groups in total. The van der Waals surface area contributed by atoms with Crippen LogP contribution in [0.1, 0.15) is 25.8 Å². The molecule has 0 aromatic heterocycles. The third kappa shape index (κ3) is 0.990. The topological polar surface area (TPSA) is 38.8 Å². The summed E-state index contributed by atoms with van der Waals surface area (Å²) in [5.74, 6) is -0.233. The van der Waals surface area contributed by atoms with Crippen LogP contribution in [0.4, 0.5) is 0 Å². The molecule has 2 saturated heterocycles. The number of hydrogen-bond acceptors (Lipinski definition) is 3. The van der Waals surface area contributed by atoms with Gasteiger partial charge in [0.2, 0.25) is 0 Å². The number of carbonyl (C=O) groups excluding carboxylic acids is 1. The first-order valence-electron chi connectivity index (χ1n) is 5.60. The van der Waals surface area contributed by atoms with Crippen molar-refractivity contribution < 1.29 is 14.3 Å². The summed E-state index contributed by atoms with van der Waals surface area (Å²) in [4.78, 5) is 11.7. The number of esters is 1. The molecule has 2 fully saturated rings. The zero-order chi connectivity index (χ0) is 11.4. The van der Waals surface area contributed by atoms with Gasteiger partial charge in [-0.05, 0) is 18.9 Å². The molecule has 84 valence electrons. The first-order chi connectivity index (χ1) is 7.63. The van der Waals surface area contributed by atoms with Gasteiger partial charge in [-0.15, -0.1) is 0 Å². The lowest BCUT2D eigenvalue weighted by Gasteiger charge is -2.27. The molecular weight excluding hydrogens is 204 g/mol. The van der Waals surface area contributed by atoms with E-state index in [-0.39, 0.29) is 12.1 Å². The normalized spacial score (nSPS) is 40.4. The van der Waals surface area contributed by atoms with Gasteiger partial charge in [-0.25, -0.2) is 4.79 Å². The van der Waals surface area contributed by atoms with E-state index in [1.54, 1.807) is 6.92 Å². The minimum Gasteiger partial charge on any atom is -0.449 e. The van der Waals surface area contributed by atoms with E-state index in [4.69, 9.17) is 9.47 Å². The fraction of sp³-hybridized carbons (Fsp3) is 0.462. The van der Waals surface area contributed by atoms with E-state index >= 15 is 0 Å². The highest BCUT2D eigenvalue weighted by atomic mass is 16.7. The Labute approximate surface area is 94.4 Å². The highest BCUT2D eigenvalue weighted by molar-refractivity contribution is 5.87. The molecular formula is C13H14O3. The fourth-order valence-electron chi connectivity index (χ4n) is 2.62. The van der Waals surface area contributed by atoms with Crippen molar-refractivity contribution in [2.45, 2.75) is 37.6 Å². The maximum Gasteiger partial charge on any atom is 0.342 e. The van der Waals surface area contributed by atoms with Gasteiger partial charge in [0.25, 0.3) is 0 Å². The first kappa shape index (κ1) is 9.85. The summed E-state index contributed by atoms with van der Waals surface area (Å²) in [6.45, 7) is 3.83. The van der Waals surface area contributed by atoms with Crippen molar-refractivity contribution in [3.8, 4) is 0 Å². The average Bonchev–Trinajstić information content (AvgIpc) is 2.96. The summed E-state index contributed by atoms with van der Waals surface area (Å²) >= 11 is 0. The Bertz CT molecular complexity index is 442. The SMILES string of the molecule is CC[C@]1(c2ccccc2)OC(=O)[C@]2(C)O[C@@H]21. The molecule has 0 unspecified atom stereocenters. The van der Waals surface area contributed by atoms with Gasteiger partial charge in [-0.1, -0.05) is 37.3 Å². The first-order valence-corrected chi connectivity index (χ1v) is 5.60. The van der Waals surface area contributed by atoms with Crippen molar-refractivity contribution in [3.63, 3.8) is 0 Å². The third-order valence-electron chi connectivity index (χ3n) is 3.70. The van der Waals surface area contributed by atoms with Crippen molar-refractivity contribution in [2.75, 3.05) is 0 Å². The number of rotatable bonds is 2. The molecule has 0 radical (unpaired) electrons. The minimum atomic E-state index is -0.703. The Balaban J connectivity index is 2.07. The fourth-order valence-corrected chi connectivity index (χ4v) is 2.62. The smallest absolute Gasteiger partial charge is 0.342 e. The standard InChI is InChI=1S/C13H14O3/c1-3-13(9-7-5-4-6-8-9)10-12(2,15-10)11(14)16-13/h4-8,10H,3H2,1-2H3/t10-,12+,13+/m0/s1. The minimum absolute atomic E-state index is 0.125. The Hall–Kier alpha value is -1.35. The molecule has 0 spiro atoms. The molecule has 2 heterocycles. The van der Waals surface area contributed by atoms with E-state index in [1.807, 2.05) is 37.3 Å². The zero-order valence-corrected chi connectivity index (χ0v) is 9.40. The average molecular weight is 218 g/mol. The maximum atomic E-state index is 11.7. The molecule has 2 aliphatic heterocycles. The molecule has 0 amide bonds. The van der Waals surface area contributed by atoms with E-state index in [9.17, 15) is 4.79 Å². The van der Waals surface area contributed by atoms with Crippen LogP contribution in [0.15, 0.2) is 30.3 Å². The molecule has 3 heteroatoms. The molecule has 3 atom stereocenters. The van der Waals surface area contributed by atoms with Crippen molar-refractivity contribution >= 4 is 5.97 Å². The number of ether oxygens (including phenoxy) is 2. The lowest BCUT2D eigenvalue weighted by molar-refractivity contribution is -0.165. The summed E-state index contributed by atoms with van der Waals surface area (Å²) < 4.78 is 11.1. The van der Waals surface area contributed by atoms with Gasteiger partial charge in [0, 0.05) is 0 Å². The van der Waals surface area contributed by atoms with Gasteiger partial charge < -0.3 is 9.47 Å². The second-order valence-electron chi connectivity index (χ2n) is 4.60. The van der Waals surface area contributed by atoms with Crippen LogP contribution in [-0.4, -0.2) is 17.7 Å². The second kappa shape index (κ2) is 2.86. The van der Waals surface area contributed by atoms with Gasteiger partial charge >= 0.3 is 5.97 Å². The zero-order valence-electron chi connectivity index (χ0n) is 9.40. The number of carbonyl (C=O) groups is 1. The van der Waals surface area contributed by atoms with Crippen LogP contribution < -0.4 is 0 Å². The Morgan fingerprint density at radius 1 is 1.31 bits per heavy atom. The number of benzene rings is 1. The van der Waals surface area contributed by atoms with Crippen molar-refractivity contribution in [2.24, 2.45) is 0 Å². The van der Waals surface area contributed by atoms with E-state index < -0.39 is 11.2 Å². The lowest BCUT2D eigenvalue weighted by Crippen LogP contribution is -2.32. The summed E-state index contributed by atoms with van der Waals surface area (Å²) in [7, 11) is 0. The highest BCUT2D eigenvalue weighted by Crippen LogP contribution is 2.57. The summed E-state index contributed by atoms with van der Waals surface area (Å²) in [5.41, 5.74) is -0.254. The van der Waals surface area contributed by atoms with Gasteiger partial charge in [-0.3, -0.25) is 0 Å². The summed E-state index contributed by atoms with van der Waals surface area (Å²) in [6, 6.07) is 9.85. The van der Waals surface area contributed by atoms with Crippen molar-refractivity contribution in [1.82, 2.24) is 0 Å². The predicted octanol–water partition coefficient (Wildman–Crippen LogP) is 2.01. The number of hydrogen-bond donors (Lipinski definition) is 0. The Kier molecular flexibility index (Phi) is 1.76. The molecule has 1 aromatic rings. The molecule has 0 saturated carbocycles. The van der Waals surface area contributed by atoms with E-state index in [1.165, 1.54) is 0 Å². The van der Waals surface area contributed by atoms with Crippen LogP contribution in [-0.2, 0) is 19.9 Å². The number of fused-ring (bicyclic) bond motifs is 1. The van der Waals surface area contributed by atoms with Crippen LogP contribution in [0.5, 0.6) is 0 Å². The van der Waals surface area contributed by atoms with E-state index in [0.29, 0.717) is 0 Å². The predicted molar refractivity (Wildman–Crippen MR) is 57.8 cm³/mol. The number of epoxide rings is 1. The maximum absolute atomic E-state index is 11.7. The van der Waals surface area contributed by atoms with Crippen LogP contribution in [0.25, 0.3) is 0 Å². The largest absolute Gasteiger partial charge is 0.449 e. The number of cyclic esters (lactones) is 1. The molecule has 0 bridgehead atoms. The van der Waals surface area contributed by atoms with E-state index in [2.05, 4.69) is 0 Å². The lowest BCUT2D eigenvalue weighted by atomic mass is 9.85. The highest BCUT2D eigenvalue weighted by Gasteiger charge is 2.76. The molecule has 0 aliphatic carbocycles. The third-order valence-corrected chi connectivity index (χ3v) is 3.70. The van der Waals surface area contributed by atoms with Crippen LogP contribution in [0.3, 0.4) is 0 Å². The summed E-state index contributed by atoms with van der Waals surface area (Å²) in [5, 5.41) is 0. The molecule has 1 aromatic carbocycles. The van der Waals surface area contributed by atoms with Crippen LogP contribution >= 0.6 is 0 Å². The molecule has 2 aliphatic rings. The molecule has 16 heavy (non-hydrogen) atoms. The van der Waals surface area contributed by atoms with E-state index in [0.717, 1.165) is 12.0 Å². The molecule has 3 nitrogen and oxygen atoms in total.